The summed E-state index contributed by atoms with van der Waals surface area (Å²) < 4.78 is 5.36. The summed E-state index contributed by atoms with van der Waals surface area (Å²) >= 11 is 0. The number of benzene rings is 1. The lowest BCUT2D eigenvalue weighted by Crippen LogP contribution is -2.15. The largest absolute Gasteiger partial charge is 0.478 e. The monoisotopic (exact) mass is 206 g/mol. The van der Waals surface area contributed by atoms with Crippen LogP contribution in [-0.2, 0) is 17.8 Å². The van der Waals surface area contributed by atoms with Gasteiger partial charge in [-0.15, -0.1) is 0 Å². The number of carboxylic acid groups (broad SMARTS) is 1. The van der Waals surface area contributed by atoms with Gasteiger partial charge in [-0.1, -0.05) is 6.07 Å². The zero-order chi connectivity index (χ0) is 11.0. The molecule has 1 N–H and O–H groups in total. The van der Waals surface area contributed by atoms with Gasteiger partial charge in [0.15, 0.2) is 0 Å². The van der Waals surface area contributed by atoms with Crippen molar-refractivity contribution in [2.24, 2.45) is 0 Å². The molecule has 0 saturated heterocycles. The standard InChI is InChI=1S/C12H14O3/c1-7-5-9-3-4-15-6-10(9)8(2)11(7)12(13)14/h5H,3-4,6H2,1-2H3,(H,13,14). The van der Waals surface area contributed by atoms with Crippen molar-refractivity contribution in [2.45, 2.75) is 26.9 Å². The predicted molar refractivity (Wildman–Crippen MR) is 56.2 cm³/mol. The highest BCUT2D eigenvalue weighted by Gasteiger charge is 2.19. The van der Waals surface area contributed by atoms with Crippen molar-refractivity contribution in [2.75, 3.05) is 6.61 Å². The first-order chi connectivity index (χ1) is 7.11. The summed E-state index contributed by atoms with van der Waals surface area (Å²) in [6, 6.07) is 1.98. The van der Waals surface area contributed by atoms with Crippen molar-refractivity contribution in [1.82, 2.24) is 0 Å². The van der Waals surface area contributed by atoms with Crippen molar-refractivity contribution in [3.63, 3.8) is 0 Å². The number of hydrogen-bond acceptors (Lipinski definition) is 2. The molecular formula is C12H14O3. The van der Waals surface area contributed by atoms with E-state index < -0.39 is 5.97 Å². The van der Waals surface area contributed by atoms with E-state index in [9.17, 15) is 4.79 Å². The van der Waals surface area contributed by atoms with Crippen LogP contribution in [0, 0.1) is 13.8 Å². The number of aromatic carboxylic acids is 1. The Labute approximate surface area is 88.7 Å². The summed E-state index contributed by atoms with van der Waals surface area (Å²) in [5.41, 5.74) is 4.43. The molecule has 15 heavy (non-hydrogen) atoms. The first-order valence-corrected chi connectivity index (χ1v) is 5.04. The molecule has 1 heterocycles. The third kappa shape index (κ3) is 1.63. The summed E-state index contributed by atoms with van der Waals surface area (Å²) in [6.45, 7) is 5.00. The molecule has 0 amide bonds. The number of hydrogen-bond donors (Lipinski definition) is 1. The van der Waals surface area contributed by atoms with Crippen LogP contribution in [0.4, 0.5) is 0 Å². The van der Waals surface area contributed by atoms with Gasteiger partial charge in [-0.3, -0.25) is 0 Å². The third-order valence-corrected chi connectivity index (χ3v) is 2.98. The quantitative estimate of drug-likeness (QED) is 0.765. The highest BCUT2D eigenvalue weighted by atomic mass is 16.5. The highest BCUT2D eigenvalue weighted by molar-refractivity contribution is 5.91. The van der Waals surface area contributed by atoms with E-state index >= 15 is 0 Å². The van der Waals surface area contributed by atoms with Gasteiger partial charge in [-0.25, -0.2) is 4.79 Å². The Morgan fingerprint density at radius 2 is 2.20 bits per heavy atom. The van der Waals surface area contributed by atoms with E-state index in [1.807, 2.05) is 19.9 Å². The van der Waals surface area contributed by atoms with Crippen LogP contribution in [-0.4, -0.2) is 17.7 Å². The van der Waals surface area contributed by atoms with E-state index in [0.29, 0.717) is 12.2 Å². The minimum atomic E-state index is -0.849. The SMILES string of the molecule is Cc1cc2c(c(C)c1C(=O)O)COCC2. The van der Waals surface area contributed by atoms with E-state index in [4.69, 9.17) is 9.84 Å². The molecule has 0 aromatic heterocycles. The second-order valence-corrected chi connectivity index (χ2v) is 3.94. The second kappa shape index (κ2) is 3.66. The van der Waals surface area contributed by atoms with Gasteiger partial charge in [0, 0.05) is 0 Å². The Bertz CT molecular complexity index is 421. The van der Waals surface area contributed by atoms with Crippen molar-refractivity contribution in [3.05, 3.63) is 33.9 Å². The average molecular weight is 206 g/mol. The summed E-state index contributed by atoms with van der Waals surface area (Å²) in [5.74, 6) is -0.849. The molecule has 0 saturated carbocycles. The van der Waals surface area contributed by atoms with Gasteiger partial charge in [0.25, 0.3) is 0 Å². The summed E-state index contributed by atoms with van der Waals surface area (Å²) in [6.07, 6.45) is 0.886. The number of ether oxygens (including phenoxy) is 1. The fraction of sp³-hybridized carbons (Fsp3) is 0.417. The van der Waals surface area contributed by atoms with Gasteiger partial charge in [0.2, 0.25) is 0 Å². The lowest BCUT2D eigenvalue weighted by molar-refractivity contribution is 0.0694. The molecule has 0 aliphatic carbocycles. The number of carbonyl (C=O) groups is 1. The molecule has 0 atom stereocenters. The molecule has 0 bridgehead atoms. The number of aryl methyl sites for hydroxylation is 1. The molecule has 80 valence electrons. The van der Waals surface area contributed by atoms with Crippen LogP contribution in [0.25, 0.3) is 0 Å². The Morgan fingerprint density at radius 1 is 1.47 bits per heavy atom. The molecule has 0 spiro atoms. The van der Waals surface area contributed by atoms with E-state index in [2.05, 4.69) is 0 Å². The maximum Gasteiger partial charge on any atom is 0.336 e. The lowest BCUT2D eigenvalue weighted by atomic mass is 9.91. The fourth-order valence-electron chi connectivity index (χ4n) is 2.22. The second-order valence-electron chi connectivity index (χ2n) is 3.94. The Hall–Kier alpha value is -1.35. The zero-order valence-corrected chi connectivity index (χ0v) is 8.96. The fourth-order valence-corrected chi connectivity index (χ4v) is 2.22. The normalized spacial score (nSPS) is 14.8. The molecule has 0 fully saturated rings. The Morgan fingerprint density at radius 3 is 2.87 bits per heavy atom. The van der Waals surface area contributed by atoms with Gasteiger partial charge in [-0.2, -0.15) is 0 Å². The van der Waals surface area contributed by atoms with E-state index in [0.717, 1.165) is 29.7 Å². The van der Waals surface area contributed by atoms with Crippen LogP contribution in [0.5, 0.6) is 0 Å². The maximum atomic E-state index is 11.1. The van der Waals surface area contributed by atoms with Gasteiger partial charge in [-0.05, 0) is 42.5 Å². The van der Waals surface area contributed by atoms with Gasteiger partial charge >= 0.3 is 5.97 Å². The zero-order valence-electron chi connectivity index (χ0n) is 8.96. The molecule has 3 heteroatoms. The average Bonchev–Trinajstić information content (AvgIpc) is 2.17. The molecular weight excluding hydrogens is 192 g/mol. The van der Waals surface area contributed by atoms with Crippen LogP contribution in [0.1, 0.15) is 32.6 Å². The smallest absolute Gasteiger partial charge is 0.336 e. The molecule has 3 nitrogen and oxygen atoms in total. The molecule has 1 aromatic carbocycles. The number of carboxylic acids is 1. The molecule has 1 aliphatic heterocycles. The molecule has 2 rings (SSSR count). The topological polar surface area (TPSA) is 46.5 Å². The first kappa shape index (κ1) is 10.2. The minimum Gasteiger partial charge on any atom is -0.478 e. The summed E-state index contributed by atoms with van der Waals surface area (Å²) in [7, 11) is 0. The molecule has 0 radical (unpaired) electrons. The minimum absolute atomic E-state index is 0.430. The highest BCUT2D eigenvalue weighted by Crippen LogP contribution is 2.26. The van der Waals surface area contributed by atoms with Crippen molar-refractivity contribution < 1.29 is 14.6 Å². The molecule has 1 aromatic rings. The summed E-state index contributed by atoms with van der Waals surface area (Å²) in [5, 5.41) is 9.11. The van der Waals surface area contributed by atoms with Gasteiger partial charge < -0.3 is 9.84 Å². The summed E-state index contributed by atoms with van der Waals surface area (Å²) in [4.78, 5) is 11.1. The van der Waals surface area contributed by atoms with Crippen LogP contribution in [0.2, 0.25) is 0 Å². The van der Waals surface area contributed by atoms with E-state index in [-0.39, 0.29) is 0 Å². The van der Waals surface area contributed by atoms with Gasteiger partial charge in [0.1, 0.15) is 0 Å². The predicted octanol–water partition coefficient (Wildman–Crippen LogP) is 2.07. The molecule has 1 aliphatic rings. The van der Waals surface area contributed by atoms with Crippen molar-refractivity contribution >= 4 is 5.97 Å². The lowest BCUT2D eigenvalue weighted by Gasteiger charge is -2.21. The maximum absolute atomic E-state index is 11.1. The van der Waals surface area contributed by atoms with Crippen molar-refractivity contribution in [1.29, 1.82) is 0 Å². The number of fused-ring (bicyclic) bond motifs is 1. The third-order valence-electron chi connectivity index (χ3n) is 2.98. The van der Waals surface area contributed by atoms with Crippen LogP contribution >= 0.6 is 0 Å². The van der Waals surface area contributed by atoms with Crippen molar-refractivity contribution in [3.8, 4) is 0 Å². The molecule has 0 unspecified atom stereocenters. The first-order valence-electron chi connectivity index (χ1n) is 5.04. The van der Waals surface area contributed by atoms with E-state index in [1.165, 1.54) is 5.56 Å². The van der Waals surface area contributed by atoms with Crippen LogP contribution in [0.3, 0.4) is 0 Å². The van der Waals surface area contributed by atoms with Gasteiger partial charge in [0.05, 0.1) is 18.8 Å². The van der Waals surface area contributed by atoms with Crippen LogP contribution in [0.15, 0.2) is 6.07 Å². The number of rotatable bonds is 1. The van der Waals surface area contributed by atoms with Crippen LogP contribution < -0.4 is 0 Å². The Kier molecular flexibility index (Phi) is 2.49. The Balaban J connectivity index is 2.64. The van der Waals surface area contributed by atoms with E-state index in [1.54, 1.807) is 0 Å².